The standard InChI is InChI=1S/C24H30N8O/c1-30-9-11-31(12-10-30)18-5-6-19(25-16-18)27-23-26-15-17-13-20-28-21(33)14-24(7-3-2-4-8-24)32(20)22(17)29-23/h5-6,13,15-16H,2-4,7-12,14H2,1H3,(H,28,33)(H,25,26,27,29). The largest absolute Gasteiger partial charge is 0.368 e. The van der Waals surface area contributed by atoms with Gasteiger partial charge in [-0.25, -0.2) is 9.97 Å². The Bertz CT molecular complexity index is 1170. The number of nitrogens with one attached hydrogen (secondary N) is 2. The van der Waals surface area contributed by atoms with E-state index in [0.29, 0.717) is 12.4 Å². The molecule has 1 saturated heterocycles. The quantitative estimate of drug-likeness (QED) is 0.638. The van der Waals surface area contributed by atoms with E-state index in [1.54, 1.807) is 0 Å². The average molecular weight is 447 g/mol. The van der Waals surface area contributed by atoms with Crippen molar-refractivity contribution in [3.8, 4) is 0 Å². The lowest BCUT2D eigenvalue weighted by molar-refractivity contribution is -0.119. The zero-order valence-corrected chi connectivity index (χ0v) is 19.0. The molecule has 2 aliphatic heterocycles. The van der Waals surface area contributed by atoms with Gasteiger partial charge in [-0.15, -0.1) is 0 Å². The number of hydrogen-bond acceptors (Lipinski definition) is 7. The van der Waals surface area contributed by atoms with E-state index in [9.17, 15) is 4.79 Å². The summed E-state index contributed by atoms with van der Waals surface area (Å²) in [6.07, 6.45) is 9.81. The summed E-state index contributed by atoms with van der Waals surface area (Å²) in [6.45, 7) is 4.17. The van der Waals surface area contributed by atoms with Crippen molar-refractivity contribution in [2.75, 3.05) is 48.8 Å². The van der Waals surface area contributed by atoms with Gasteiger partial charge in [-0.2, -0.15) is 4.98 Å². The highest BCUT2D eigenvalue weighted by Gasteiger charge is 2.42. The van der Waals surface area contributed by atoms with E-state index in [-0.39, 0.29) is 11.4 Å². The van der Waals surface area contributed by atoms with E-state index in [4.69, 9.17) is 4.98 Å². The van der Waals surface area contributed by atoms with Crippen molar-refractivity contribution in [2.24, 2.45) is 0 Å². The second-order valence-electron chi connectivity index (χ2n) is 9.66. The van der Waals surface area contributed by atoms with Crippen LogP contribution in [0, 0.1) is 0 Å². The average Bonchev–Trinajstić information content (AvgIpc) is 3.19. The van der Waals surface area contributed by atoms with Crippen LogP contribution in [-0.2, 0) is 10.3 Å². The molecule has 1 saturated carbocycles. The smallest absolute Gasteiger partial charge is 0.230 e. The zero-order valence-electron chi connectivity index (χ0n) is 19.0. The summed E-state index contributed by atoms with van der Waals surface area (Å²) >= 11 is 0. The van der Waals surface area contributed by atoms with Crippen molar-refractivity contribution >= 4 is 40.2 Å². The van der Waals surface area contributed by atoms with Gasteiger partial charge in [0, 0.05) is 37.8 Å². The zero-order chi connectivity index (χ0) is 22.4. The molecule has 5 heterocycles. The Hall–Kier alpha value is -3.20. The lowest BCUT2D eigenvalue weighted by atomic mass is 9.78. The van der Waals surface area contributed by atoms with Crippen molar-refractivity contribution < 1.29 is 4.79 Å². The molecular weight excluding hydrogens is 416 g/mol. The molecule has 0 radical (unpaired) electrons. The maximum Gasteiger partial charge on any atom is 0.230 e. The van der Waals surface area contributed by atoms with Gasteiger partial charge in [-0.05, 0) is 38.1 Å². The minimum Gasteiger partial charge on any atom is -0.368 e. The van der Waals surface area contributed by atoms with Gasteiger partial charge < -0.3 is 25.0 Å². The highest BCUT2D eigenvalue weighted by Crippen LogP contribution is 2.45. The molecule has 1 amide bonds. The molecule has 33 heavy (non-hydrogen) atoms. The van der Waals surface area contributed by atoms with E-state index in [2.05, 4.69) is 48.1 Å². The fourth-order valence-corrected chi connectivity index (χ4v) is 5.62. The summed E-state index contributed by atoms with van der Waals surface area (Å²) in [5.74, 6) is 2.18. The molecular formula is C24H30N8O. The van der Waals surface area contributed by atoms with E-state index in [1.165, 1.54) is 6.42 Å². The molecule has 3 aromatic heterocycles. The third-order valence-corrected chi connectivity index (χ3v) is 7.41. The number of piperazine rings is 1. The van der Waals surface area contributed by atoms with Crippen LogP contribution in [0.5, 0.6) is 0 Å². The lowest BCUT2D eigenvalue weighted by Gasteiger charge is -2.42. The van der Waals surface area contributed by atoms with Crippen LogP contribution in [0.4, 0.5) is 23.3 Å². The summed E-state index contributed by atoms with van der Waals surface area (Å²) in [4.78, 5) is 31.2. The molecule has 0 aromatic carbocycles. The fourth-order valence-electron chi connectivity index (χ4n) is 5.62. The Labute approximate surface area is 193 Å². The molecule has 6 rings (SSSR count). The number of amides is 1. The van der Waals surface area contributed by atoms with Crippen LogP contribution >= 0.6 is 0 Å². The topological polar surface area (TPSA) is 91.2 Å². The maximum atomic E-state index is 12.5. The van der Waals surface area contributed by atoms with Gasteiger partial charge in [0.15, 0.2) is 0 Å². The van der Waals surface area contributed by atoms with E-state index < -0.39 is 0 Å². The van der Waals surface area contributed by atoms with Gasteiger partial charge in [0.25, 0.3) is 0 Å². The van der Waals surface area contributed by atoms with Gasteiger partial charge in [-0.3, -0.25) is 4.79 Å². The Balaban J connectivity index is 1.28. The second kappa shape index (κ2) is 7.98. The number of nitrogens with zero attached hydrogens (tertiary/aromatic N) is 6. The van der Waals surface area contributed by atoms with Crippen molar-refractivity contribution in [1.29, 1.82) is 0 Å². The molecule has 0 unspecified atom stereocenters. The molecule has 172 valence electrons. The summed E-state index contributed by atoms with van der Waals surface area (Å²) in [5, 5.41) is 7.26. The van der Waals surface area contributed by atoms with Crippen LogP contribution in [0.15, 0.2) is 30.6 Å². The van der Waals surface area contributed by atoms with Crippen LogP contribution < -0.4 is 15.5 Å². The molecule has 9 heteroatoms. The van der Waals surface area contributed by atoms with Crippen molar-refractivity contribution in [3.05, 3.63) is 30.6 Å². The minimum absolute atomic E-state index is 0.100. The first-order chi connectivity index (χ1) is 16.1. The summed E-state index contributed by atoms with van der Waals surface area (Å²) in [6, 6.07) is 6.08. The summed E-state index contributed by atoms with van der Waals surface area (Å²) in [5.41, 5.74) is 1.84. The fraction of sp³-hybridized carbons (Fsp3) is 0.500. The molecule has 1 spiro atoms. The van der Waals surface area contributed by atoms with Crippen LogP contribution in [0.2, 0.25) is 0 Å². The number of pyridine rings is 1. The predicted octanol–water partition coefficient (Wildman–Crippen LogP) is 3.32. The molecule has 2 N–H and O–H groups in total. The summed E-state index contributed by atoms with van der Waals surface area (Å²) in [7, 11) is 2.16. The SMILES string of the molecule is CN1CCN(c2ccc(Nc3ncc4cc5n(c4n3)C3(CCCCC3)CC(=O)N5)nc2)CC1. The lowest BCUT2D eigenvalue weighted by Crippen LogP contribution is -2.44. The number of carbonyl (C=O) groups is 1. The van der Waals surface area contributed by atoms with E-state index in [1.807, 2.05) is 24.5 Å². The van der Waals surface area contributed by atoms with Gasteiger partial charge in [0.2, 0.25) is 11.9 Å². The summed E-state index contributed by atoms with van der Waals surface area (Å²) < 4.78 is 2.26. The van der Waals surface area contributed by atoms with Crippen LogP contribution in [-0.4, -0.2) is 63.6 Å². The van der Waals surface area contributed by atoms with Crippen molar-refractivity contribution in [3.63, 3.8) is 0 Å². The monoisotopic (exact) mass is 446 g/mol. The molecule has 3 aromatic rings. The first-order valence-electron chi connectivity index (χ1n) is 12.0. The maximum absolute atomic E-state index is 12.5. The first kappa shape index (κ1) is 20.4. The van der Waals surface area contributed by atoms with Crippen molar-refractivity contribution in [1.82, 2.24) is 24.4 Å². The number of fused-ring (bicyclic) bond motifs is 4. The number of hydrogen-bond donors (Lipinski definition) is 2. The number of rotatable bonds is 3. The number of likely N-dealkylation sites (N-methyl/N-ethyl adjacent to an activating group) is 1. The van der Waals surface area contributed by atoms with Crippen LogP contribution in [0.25, 0.3) is 11.0 Å². The molecule has 9 nitrogen and oxygen atoms in total. The third-order valence-electron chi connectivity index (χ3n) is 7.41. The Morgan fingerprint density at radius 3 is 2.61 bits per heavy atom. The number of anilines is 4. The van der Waals surface area contributed by atoms with Gasteiger partial charge in [0.1, 0.15) is 17.3 Å². The van der Waals surface area contributed by atoms with Gasteiger partial charge in [0.05, 0.1) is 23.8 Å². The minimum atomic E-state index is -0.175. The van der Waals surface area contributed by atoms with E-state index >= 15 is 0 Å². The highest BCUT2D eigenvalue weighted by atomic mass is 16.1. The second-order valence-corrected chi connectivity index (χ2v) is 9.66. The van der Waals surface area contributed by atoms with Crippen LogP contribution in [0.1, 0.15) is 38.5 Å². The molecule has 1 aliphatic carbocycles. The van der Waals surface area contributed by atoms with Gasteiger partial charge >= 0.3 is 0 Å². The Morgan fingerprint density at radius 2 is 1.85 bits per heavy atom. The van der Waals surface area contributed by atoms with E-state index in [0.717, 1.165) is 80.2 Å². The van der Waals surface area contributed by atoms with Gasteiger partial charge in [-0.1, -0.05) is 19.3 Å². The highest BCUT2D eigenvalue weighted by molar-refractivity contribution is 5.96. The first-order valence-corrected chi connectivity index (χ1v) is 12.0. The van der Waals surface area contributed by atoms with Crippen LogP contribution in [0.3, 0.4) is 0 Å². The van der Waals surface area contributed by atoms with Crippen molar-refractivity contribution in [2.45, 2.75) is 44.1 Å². The molecule has 2 fully saturated rings. The molecule has 0 bridgehead atoms. The normalized spacial score (nSPS) is 20.6. The number of aromatic nitrogens is 4. The number of carbonyl (C=O) groups excluding carboxylic acids is 1. The Kier molecular flexibility index (Phi) is 4.94. The Morgan fingerprint density at radius 1 is 1.03 bits per heavy atom. The molecule has 3 aliphatic rings. The predicted molar refractivity (Wildman–Crippen MR) is 129 cm³/mol. The third kappa shape index (κ3) is 3.70. The molecule has 0 atom stereocenters.